The number of carbonyl (C=O) groups is 3. The summed E-state index contributed by atoms with van der Waals surface area (Å²) in [5.74, 6) is -1.85. The van der Waals surface area contributed by atoms with Crippen LogP contribution in [-0.2, 0) is 16.1 Å². The molecule has 0 bridgehead atoms. The van der Waals surface area contributed by atoms with Crippen molar-refractivity contribution in [2.75, 3.05) is 0 Å². The summed E-state index contributed by atoms with van der Waals surface area (Å²) in [6.07, 6.45) is -0.0328. The van der Waals surface area contributed by atoms with E-state index < -0.39 is 23.5 Å². The molecule has 22 heavy (non-hydrogen) atoms. The van der Waals surface area contributed by atoms with Crippen molar-refractivity contribution in [1.82, 2.24) is 20.2 Å². The topological polar surface area (TPSA) is 125 Å². The lowest BCUT2D eigenvalue weighted by Crippen LogP contribution is -2.32. The summed E-state index contributed by atoms with van der Waals surface area (Å²) in [4.78, 5) is 53.7. The number of benzene rings is 1. The smallest absolute Gasteiger partial charge is 0.330 e. The highest BCUT2D eigenvalue weighted by atomic mass is 16.7. The monoisotopic (exact) mass is 302 g/mol. The van der Waals surface area contributed by atoms with Gasteiger partial charge in [-0.2, -0.15) is 5.10 Å². The lowest BCUT2D eigenvalue weighted by atomic mass is 10.1. The van der Waals surface area contributed by atoms with Gasteiger partial charge in [0.05, 0.1) is 17.5 Å². The fourth-order valence-electron chi connectivity index (χ4n) is 2.04. The summed E-state index contributed by atoms with van der Waals surface area (Å²) >= 11 is 0. The number of fused-ring (bicyclic) bond motifs is 1. The molecule has 112 valence electrons. The Morgan fingerprint density at radius 3 is 2.32 bits per heavy atom. The maximum absolute atomic E-state index is 12.0. The number of carbonyl (C=O) groups excluding carboxylic acids is 3. The van der Waals surface area contributed by atoms with E-state index in [0.717, 1.165) is 0 Å². The predicted molar refractivity (Wildman–Crippen MR) is 70.6 cm³/mol. The molecule has 1 aromatic heterocycles. The summed E-state index contributed by atoms with van der Waals surface area (Å²) in [5, 5.41) is 6.24. The van der Waals surface area contributed by atoms with Crippen molar-refractivity contribution < 1.29 is 19.2 Å². The normalized spacial score (nSPS) is 13.4. The maximum atomic E-state index is 12.0. The number of aryl methyl sites for hydroxylation is 1. The van der Waals surface area contributed by atoms with E-state index in [9.17, 15) is 19.2 Å². The molecule has 3 rings (SSSR count). The SMILES string of the molecule is O=C(CCc1n[nH]c(=O)[nH]1)ON1C(=O)c2ccccc2C1=O. The third kappa shape index (κ3) is 2.39. The van der Waals surface area contributed by atoms with Crippen molar-refractivity contribution in [1.29, 1.82) is 0 Å². The summed E-state index contributed by atoms with van der Waals surface area (Å²) in [6, 6.07) is 6.20. The van der Waals surface area contributed by atoms with Crippen molar-refractivity contribution in [2.45, 2.75) is 12.8 Å². The highest BCUT2D eigenvalue weighted by Crippen LogP contribution is 2.22. The van der Waals surface area contributed by atoms with Gasteiger partial charge >= 0.3 is 11.7 Å². The second-order valence-electron chi connectivity index (χ2n) is 4.54. The average molecular weight is 302 g/mol. The Morgan fingerprint density at radius 1 is 1.14 bits per heavy atom. The minimum Gasteiger partial charge on any atom is -0.330 e. The Morgan fingerprint density at radius 2 is 1.77 bits per heavy atom. The van der Waals surface area contributed by atoms with Crippen LogP contribution in [0.2, 0.25) is 0 Å². The number of amides is 2. The molecule has 0 saturated carbocycles. The first-order chi connectivity index (χ1) is 10.6. The molecule has 2 amide bonds. The molecule has 1 aliphatic rings. The molecule has 0 atom stereocenters. The van der Waals surface area contributed by atoms with Crippen LogP contribution in [0.4, 0.5) is 0 Å². The van der Waals surface area contributed by atoms with Crippen molar-refractivity contribution in [3.63, 3.8) is 0 Å². The average Bonchev–Trinajstić information content (AvgIpc) is 3.03. The number of nitrogens with one attached hydrogen (secondary N) is 2. The van der Waals surface area contributed by atoms with Crippen LogP contribution in [0.1, 0.15) is 33.0 Å². The van der Waals surface area contributed by atoms with Crippen molar-refractivity contribution in [3.05, 3.63) is 51.7 Å². The molecule has 0 saturated heterocycles. The van der Waals surface area contributed by atoms with Crippen LogP contribution in [0.5, 0.6) is 0 Å². The number of imide groups is 1. The van der Waals surface area contributed by atoms with Gasteiger partial charge in [-0.1, -0.05) is 17.2 Å². The molecule has 2 heterocycles. The number of H-pyrrole nitrogens is 2. The Labute approximate surface area is 122 Å². The number of hydrogen-bond donors (Lipinski definition) is 2. The van der Waals surface area contributed by atoms with Gasteiger partial charge in [0.2, 0.25) is 0 Å². The quantitative estimate of drug-likeness (QED) is 0.752. The number of hydrogen-bond acceptors (Lipinski definition) is 6. The molecule has 0 aliphatic carbocycles. The molecule has 9 nitrogen and oxygen atoms in total. The number of aromatic amines is 2. The number of rotatable bonds is 4. The van der Waals surface area contributed by atoms with Crippen LogP contribution in [-0.4, -0.2) is 38.0 Å². The molecular formula is C13H10N4O5. The largest absolute Gasteiger partial charge is 0.340 e. The van der Waals surface area contributed by atoms with Gasteiger partial charge in [-0.15, -0.1) is 0 Å². The predicted octanol–water partition coefficient (Wildman–Crippen LogP) is -0.215. The van der Waals surface area contributed by atoms with E-state index >= 15 is 0 Å². The first-order valence-electron chi connectivity index (χ1n) is 6.38. The van der Waals surface area contributed by atoms with Gasteiger partial charge < -0.3 is 4.84 Å². The molecule has 0 fully saturated rings. The van der Waals surface area contributed by atoms with Gasteiger partial charge in [0.25, 0.3) is 11.8 Å². The first-order valence-corrected chi connectivity index (χ1v) is 6.38. The molecule has 1 aliphatic heterocycles. The minimum absolute atomic E-state index is 0.112. The molecule has 0 spiro atoms. The molecule has 1 aromatic carbocycles. The van der Waals surface area contributed by atoms with E-state index in [1.165, 1.54) is 12.1 Å². The fraction of sp³-hybridized carbons (Fsp3) is 0.154. The van der Waals surface area contributed by atoms with Crippen LogP contribution < -0.4 is 5.69 Å². The Kier molecular flexibility index (Phi) is 3.30. The zero-order chi connectivity index (χ0) is 15.7. The van der Waals surface area contributed by atoms with Gasteiger partial charge in [0.15, 0.2) is 0 Å². The van der Waals surface area contributed by atoms with Crippen molar-refractivity contribution >= 4 is 17.8 Å². The first kappa shape index (κ1) is 13.7. The van der Waals surface area contributed by atoms with Gasteiger partial charge in [-0.3, -0.25) is 14.6 Å². The lowest BCUT2D eigenvalue weighted by Gasteiger charge is -2.12. The summed E-state index contributed by atoms with van der Waals surface area (Å²) in [7, 11) is 0. The zero-order valence-corrected chi connectivity index (χ0v) is 11.2. The van der Waals surface area contributed by atoms with Crippen LogP contribution in [0.25, 0.3) is 0 Å². The standard InChI is InChI=1S/C13H10N4O5/c18-10(6-5-9-14-13(21)16-15-9)22-17-11(19)7-3-1-2-4-8(7)12(17)20/h1-4H,5-6H2,(H2,14,15,16,21). The summed E-state index contributed by atoms with van der Waals surface area (Å²) < 4.78 is 0. The molecule has 9 heteroatoms. The second-order valence-corrected chi connectivity index (χ2v) is 4.54. The maximum Gasteiger partial charge on any atom is 0.340 e. The molecule has 0 radical (unpaired) electrons. The summed E-state index contributed by atoms with van der Waals surface area (Å²) in [6.45, 7) is 0. The second kappa shape index (κ2) is 5.28. The number of aromatic nitrogens is 3. The van der Waals surface area contributed by atoms with E-state index in [0.29, 0.717) is 5.06 Å². The van der Waals surface area contributed by atoms with E-state index in [1.54, 1.807) is 12.1 Å². The van der Waals surface area contributed by atoms with Crippen molar-refractivity contribution in [3.8, 4) is 0 Å². The highest BCUT2D eigenvalue weighted by Gasteiger charge is 2.38. The lowest BCUT2D eigenvalue weighted by molar-refractivity contribution is -0.168. The molecule has 2 aromatic rings. The minimum atomic E-state index is -0.779. The number of hydroxylamine groups is 2. The van der Waals surface area contributed by atoms with Crippen LogP contribution >= 0.6 is 0 Å². The number of nitrogens with zero attached hydrogens (tertiary/aromatic N) is 2. The van der Waals surface area contributed by atoms with E-state index in [1.807, 2.05) is 0 Å². The van der Waals surface area contributed by atoms with Gasteiger partial charge in [0.1, 0.15) is 5.82 Å². The third-order valence-corrected chi connectivity index (χ3v) is 3.07. The highest BCUT2D eigenvalue weighted by molar-refractivity contribution is 6.20. The van der Waals surface area contributed by atoms with Crippen LogP contribution in [0.3, 0.4) is 0 Å². The Bertz CT molecular complexity index is 787. The van der Waals surface area contributed by atoms with Gasteiger partial charge in [-0.25, -0.2) is 14.7 Å². The fourth-order valence-corrected chi connectivity index (χ4v) is 2.04. The van der Waals surface area contributed by atoms with E-state index in [-0.39, 0.29) is 29.8 Å². The van der Waals surface area contributed by atoms with Gasteiger partial charge in [-0.05, 0) is 12.1 Å². The Hall–Kier alpha value is -3.23. The Balaban J connectivity index is 1.64. The van der Waals surface area contributed by atoms with Crippen LogP contribution in [0, 0.1) is 0 Å². The third-order valence-electron chi connectivity index (χ3n) is 3.07. The molecule has 0 unspecified atom stereocenters. The molecular weight excluding hydrogens is 292 g/mol. The van der Waals surface area contributed by atoms with Crippen LogP contribution in [0.15, 0.2) is 29.1 Å². The van der Waals surface area contributed by atoms with E-state index in [4.69, 9.17) is 4.84 Å². The zero-order valence-electron chi connectivity index (χ0n) is 11.2. The summed E-state index contributed by atoms with van der Waals surface area (Å²) in [5.41, 5.74) is -0.0995. The van der Waals surface area contributed by atoms with Crippen molar-refractivity contribution in [2.24, 2.45) is 0 Å². The van der Waals surface area contributed by atoms with E-state index in [2.05, 4.69) is 15.2 Å². The van der Waals surface area contributed by atoms with Gasteiger partial charge in [0, 0.05) is 6.42 Å². The molecule has 2 N–H and O–H groups in total.